The van der Waals surface area contributed by atoms with Crippen molar-refractivity contribution in [3.8, 4) is 0 Å². The summed E-state index contributed by atoms with van der Waals surface area (Å²) >= 11 is 0. The van der Waals surface area contributed by atoms with Gasteiger partial charge in [-0.15, -0.1) is 0 Å². The number of imidazole rings is 1. The number of nitrogens with zero attached hydrogens (tertiary/aromatic N) is 2. The van der Waals surface area contributed by atoms with Crippen LogP contribution in [0.2, 0.25) is 0 Å². The first kappa shape index (κ1) is 24.0. The number of primary amides is 1. The lowest BCUT2D eigenvalue weighted by atomic mass is 10.2. The van der Waals surface area contributed by atoms with Gasteiger partial charge in [0.05, 0.1) is 15.9 Å². The van der Waals surface area contributed by atoms with Crippen molar-refractivity contribution in [3.05, 3.63) is 84.4 Å². The van der Waals surface area contributed by atoms with E-state index in [1.165, 1.54) is 18.2 Å². The maximum Gasteiger partial charge on any atom is 0.261 e. The topological polar surface area (TPSA) is 136 Å². The number of amides is 2. The number of nitrogens with one attached hydrogen (secondary N) is 2. The summed E-state index contributed by atoms with van der Waals surface area (Å²) in [6, 6.07) is 21.7. The molecule has 0 aliphatic heterocycles. The van der Waals surface area contributed by atoms with E-state index in [1.54, 1.807) is 36.4 Å². The minimum atomic E-state index is -3.79. The van der Waals surface area contributed by atoms with Gasteiger partial charge in [0, 0.05) is 24.2 Å². The van der Waals surface area contributed by atoms with Crippen LogP contribution in [0.4, 0.5) is 11.6 Å². The Hall–Kier alpha value is -4.18. The third-order valence-electron chi connectivity index (χ3n) is 5.37. The highest BCUT2D eigenvalue weighted by atomic mass is 32.2. The van der Waals surface area contributed by atoms with Gasteiger partial charge in [-0.3, -0.25) is 19.6 Å². The number of nitrogens with two attached hydrogens (primary N) is 1. The summed E-state index contributed by atoms with van der Waals surface area (Å²) in [7, 11) is -3.79. The average Bonchev–Trinajstić information content (AvgIpc) is 3.19. The SMILES string of the molecule is NC(=O)CCCCn1c(NC(=O)c2cccc(NS(=O)(=O)c3ccccc3)c2)nc2ccccc21. The standard InChI is InChI=1S/C25H25N5O4S/c26-23(31)15-6-7-16-30-22-14-5-4-13-21(22)27-25(30)28-24(32)18-9-8-10-19(17-18)29-35(33,34)20-11-2-1-3-12-20/h1-5,8-14,17,29H,6-7,15-16H2,(H2,26,31)(H,27,28,32). The van der Waals surface area contributed by atoms with Crippen LogP contribution in [0, 0.1) is 0 Å². The van der Waals surface area contributed by atoms with Crippen LogP contribution in [0.1, 0.15) is 29.6 Å². The van der Waals surface area contributed by atoms with E-state index in [4.69, 9.17) is 5.73 Å². The second kappa shape index (κ2) is 10.4. The lowest BCUT2D eigenvalue weighted by Crippen LogP contribution is -2.17. The molecule has 3 aromatic carbocycles. The van der Waals surface area contributed by atoms with Gasteiger partial charge in [0.25, 0.3) is 15.9 Å². The second-order valence-electron chi connectivity index (χ2n) is 7.95. The summed E-state index contributed by atoms with van der Waals surface area (Å²) in [5.41, 5.74) is 7.34. The van der Waals surface area contributed by atoms with E-state index in [1.807, 2.05) is 28.8 Å². The number of anilines is 2. The first-order chi connectivity index (χ1) is 16.8. The average molecular weight is 492 g/mol. The number of carbonyl (C=O) groups is 2. The van der Waals surface area contributed by atoms with E-state index in [0.29, 0.717) is 31.8 Å². The van der Waals surface area contributed by atoms with Crippen molar-refractivity contribution in [2.24, 2.45) is 5.73 Å². The molecule has 0 fully saturated rings. The maximum atomic E-state index is 13.0. The molecule has 35 heavy (non-hydrogen) atoms. The van der Waals surface area contributed by atoms with E-state index >= 15 is 0 Å². The number of fused-ring (bicyclic) bond motifs is 1. The summed E-state index contributed by atoms with van der Waals surface area (Å²) in [4.78, 5) is 28.8. The molecular weight excluding hydrogens is 466 g/mol. The largest absolute Gasteiger partial charge is 0.370 e. The van der Waals surface area contributed by atoms with Crippen LogP contribution < -0.4 is 15.8 Å². The molecule has 9 nitrogen and oxygen atoms in total. The third kappa shape index (κ3) is 5.85. The van der Waals surface area contributed by atoms with Gasteiger partial charge in [-0.25, -0.2) is 13.4 Å². The monoisotopic (exact) mass is 491 g/mol. The fourth-order valence-corrected chi connectivity index (χ4v) is 4.75. The van der Waals surface area contributed by atoms with Crippen molar-refractivity contribution >= 4 is 44.5 Å². The summed E-state index contributed by atoms with van der Waals surface area (Å²) in [5, 5.41) is 2.83. The van der Waals surface area contributed by atoms with Crippen LogP contribution in [0.3, 0.4) is 0 Å². The van der Waals surface area contributed by atoms with Crippen molar-refractivity contribution in [1.29, 1.82) is 0 Å². The van der Waals surface area contributed by atoms with Crippen molar-refractivity contribution in [2.75, 3.05) is 10.0 Å². The molecule has 2 amide bonds. The number of aryl methyl sites for hydroxylation is 1. The first-order valence-electron chi connectivity index (χ1n) is 11.1. The van der Waals surface area contributed by atoms with Crippen LogP contribution in [0.5, 0.6) is 0 Å². The van der Waals surface area contributed by atoms with Crippen LogP contribution in [0.25, 0.3) is 11.0 Å². The fraction of sp³-hybridized carbons (Fsp3) is 0.160. The van der Waals surface area contributed by atoms with Gasteiger partial charge >= 0.3 is 0 Å². The lowest BCUT2D eigenvalue weighted by molar-refractivity contribution is -0.118. The Bertz CT molecular complexity index is 1470. The van der Waals surface area contributed by atoms with Gasteiger partial charge in [0.2, 0.25) is 11.9 Å². The van der Waals surface area contributed by atoms with Gasteiger partial charge in [0.1, 0.15) is 0 Å². The Morgan fingerprint density at radius 3 is 2.43 bits per heavy atom. The maximum absolute atomic E-state index is 13.0. The third-order valence-corrected chi connectivity index (χ3v) is 6.76. The number of carbonyl (C=O) groups excluding carboxylic acids is 2. The van der Waals surface area contributed by atoms with Crippen LogP contribution >= 0.6 is 0 Å². The molecule has 1 heterocycles. The molecule has 10 heteroatoms. The molecule has 0 aliphatic carbocycles. The van der Waals surface area contributed by atoms with Crippen molar-refractivity contribution in [3.63, 3.8) is 0 Å². The second-order valence-corrected chi connectivity index (χ2v) is 9.64. The predicted octanol–water partition coefficient (Wildman–Crippen LogP) is 3.75. The Morgan fingerprint density at radius 1 is 0.914 bits per heavy atom. The minimum absolute atomic E-state index is 0.125. The summed E-state index contributed by atoms with van der Waals surface area (Å²) in [5.74, 6) is -0.415. The van der Waals surface area contributed by atoms with E-state index in [0.717, 1.165) is 11.0 Å². The number of rotatable bonds is 10. The molecule has 0 unspecified atom stereocenters. The zero-order valence-electron chi connectivity index (χ0n) is 18.8. The number of hydrogen-bond donors (Lipinski definition) is 3. The Balaban J connectivity index is 1.53. The molecule has 0 radical (unpaired) electrons. The molecule has 4 aromatic rings. The molecular formula is C25H25N5O4S. The number of unbranched alkanes of at least 4 members (excludes halogenated alkanes) is 1. The predicted molar refractivity (Wildman–Crippen MR) is 134 cm³/mol. The Labute approximate surface area is 203 Å². The summed E-state index contributed by atoms with van der Waals surface area (Å²) in [6.07, 6.45) is 1.60. The smallest absolute Gasteiger partial charge is 0.261 e. The van der Waals surface area contributed by atoms with Crippen LogP contribution in [-0.4, -0.2) is 29.8 Å². The molecule has 180 valence electrons. The quantitative estimate of drug-likeness (QED) is 0.290. The van der Waals surface area contributed by atoms with E-state index < -0.39 is 15.9 Å². The zero-order chi connectivity index (χ0) is 24.8. The van der Waals surface area contributed by atoms with Gasteiger partial charge in [0.15, 0.2) is 0 Å². The van der Waals surface area contributed by atoms with Gasteiger partial charge in [-0.05, 0) is 55.3 Å². The molecule has 0 aliphatic rings. The normalized spacial score (nSPS) is 11.3. The fourth-order valence-electron chi connectivity index (χ4n) is 3.68. The molecule has 0 bridgehead atoms. The summed E-state index contributed by atoms with van der Waals surface area (Å²) < 4.78 is 29.7. The zero-order valence-corrected chi connectivity index (χ0v) is 19.7. The molecule has 0 atom stereocenters. The number of hydrogen-bond acceptors (Lipinski definition) is 5. The molecule has 0 spiro atoms. The number of sulfonamides is 1. The highest BCUT2D eigenvalue weighted by molar-refractivity contribution is 7.92. The number of para-hydroxylation sites is 2. The molecule has 4 N–H and O–H groups in total. The molecule has 0 saturated carbocycles. The van der Waals surface area contributed by atoms with Gasteiger partial charge in [-0.2, -0.15) is 0 Å². The van der Waals surface area contributed by atoms with Crippen LogP contribution in [0.15, 0.2) is 83.8 Å². The van der Waals surface area contributed by atoms with Crippen molar-refractivity contribution in [1.82, 2.24) is 9.55 Å². The van der Waals surface area contributed by atoms with Crippen molar-refractivity contribution < 1.29 is 18.0 Å². The number of aromatic nitrogens is 2. The van der Waals surface area contributed by atoms with Gasteiger partial charge < -0.3 is 10.3 Å². The molecule has 0 saturated heterocycles. The summed E-state index contributed by atoms with van der Waals surface area (Å²) in [6.45, 7) is 0.542. The minimum Gasteiger partial charge on any atom is -0.370 e. The Kier molecular flexibility index (Phi) is 7.11. The molecule has 1 aromatic heterocycles. The lowest BCUT2D eigenvalue weighted by Gasteiger charge is -2.11. The number of benzene rings is 3. The van der Waals surface area contributed by atoms with E-state index in [2.05, 4.69) is 15.0 Å². The Morgan fingerprint density at radius 2 is 1.66 bits per heavy atom. The van der Waals surface area contributed by atoms with Crippen molar-refractivity contribution in [2.45, 2.75) is 30.7 Å². The highest BCUT2D eigenvalue weighted by Crippen LogP contribution is 2.22. The van der Waals surface area contributed by atoms with E-state index in [9.17, 15) is 18.0 Å². The molecule has 4 rings (SSSR count). The highest BCUT2D eigenvalue weighted by Gasteiger charge is 2.17. The first-order valence-corrected chi connectivity index (χ1v) is 12.5. The van der Waals surface area contributed by atoms with E-state index in [-0.39, 0.29) is 22.1 Å². The van der Waals surface area contributed by atoms with Crippen LogP contribution in [-0.2, 0) is 21.4 Å². The van der Waals surface area contributed by atoms with Gasteiger partial charge in [-0.1, -0.05) is 36.4 Å².